The van der Waals surface area contributed by atoms with Gasteiger partial charge in [-0.2, -0.15) is 0 Å². The van der Waals surface area contributed by atoms with Crippen molar-refractivity contribution in [1.82, 2.24) is 5.32 Å². The van der Waals surface area contributed by atoms with E-state index in [9.17, 15) is 0 Å². The van der Waals surface area contributed by atoms with Gasteiger partial charge in [-0.3, -0.25) is 0 Å². The molecule has 3 nitrogen and oxygen atoms in total. The largest absolute Gasteiger partial charge is 0.497 e. The van der Waals surface area contributed by atoms with Crippen molar-refractivity contribution in [2.75, 3.05) is 20.3 Å². The van der Waals surface area contributed by atoms with Crippen molar-refractivity contribution in [3.8, 4) is 11.5 Å². The molecule has 1 aromatic rings. The van der Waals surface area contributed by atoms with E-state index < -0.39 is 0 Å². The average molecular weight is 277 g/mol. The fourth-order valence-corrected chi connectivity index (χ4v) is 2.34. The van der Waals surface area contributed by atoms with Crippen LogP contribution < -0.4 is 14.8 Å². The summed E-state index contributed by atoms with van der Waals surface area (Å²) in [6, 6.07) is 6.43. The summed E-state index contributed by atoms with van der Waals surface area (Å²) in [4.78, 5) is 0. The van der Waals surface area contributed by atoms with E-state index >= 15 is 0 Å². The van der Waals surface area contributed by atoms with Crippen LogP contribution in [-0.4, -0.2) is 20.3 Å². The van der Waals surface area contributed by atoms with Crippen LogP contribution in [0, 0.1) is 5.92 Å². The topological polar surface area (TPSA) is 30.5 Å². The number of rotatable bonds is 9. The number of benzene rings is 1. The summed E-state index contributed by atoms with van der Waals surface area (Å²) < 4.78 is 11.3. The molecule has 3 heteroatoms. The van der Waals surface area contributed by atoms with E-state index in [4.69, 9.17) is 9.47 Å². The van der Waals surface area contributed by atoms with Crippen molar-refractivity contribution in [1.29, 1.82) is 0 Å². The van der Waals surface area contributed by atoms with Crippen LogP contribution in [0.15, 0.2) is 18.2 Å². The Bertz CT molecular complexity index is 415. The zero-order valence-corrected chi connectivity index (χ0v) is 12.9. The Kier molecular flexibility index (Phi) is 5.72. The van der Waals surface area contributed by atoms with Crippen LogP contribution in [0.2, 0.25) is 0 Å². The molecule has 1 aromatic carbocycles. The van der Waals surface area contributed by atoms with Crippen LogP contribution in [0.25, 0.3) is 0 Å². The van der Waals surface area contributed by atoms with Crippen molar-refractivity contribution in [2.24, 2.45) is 5.92 Å². The van der Waals surface area contributed by atoms with E-state index in [2.05, 4.69) is 25.2 Å². The fraction of sp³-hybridized carbons (Fsp3) is 0.647. The Morgan fingerprint density at radius 2 is 2.15 bits per heavy atom. The van der Waals surface area contributed by atoms with Crippen molar-refractivity contribution in [3.05, 3.63) is 23.8 Å². The highest BCUT2D eigenvalue weighted by atomic mass is 16.5. The second-order valence-electron chi connectivity index (χ2n) is 5.66. The molecule has 1 N–H and O–H groups in total. The minimum Gasteiger partial charge on any atom is -0.497 e. The minimum absolute atomic E-state index is 0.303. The minimum atomic E-state index is 0.303. The molecular weight excluding hydrogens is 250 g/mol. The zero-order chi connectivity index (χ0) is 14.4. The van der Waals surface area contributed by atoms with E-state index in [0.717, 1.165) is 37.0 Å². The normalized spacial score (nSPS) is 15.9. The second-order valence-corrected chi connectivity index (χ2v) is 5.66. The van der Waals surface area contributed by atoms with Crippen LogP contribution in [0.4, 0.5) is 0 Å². The van der Waals surface area contributed by atoms with Crippen LogP contribution in [0.3, 0.4) is 0 Å². The van der Waals surface area contributed by atoms with E-state index in [1.165, 1.54) is 24.8 Å². The molecule has 1 aliphatic rings. The summed E-state index contributed by atoms with van der Waals surface area (Å²) in [7, 11) is 1.70. The Balaban J connectivity index is 2.02. The Labute approximate surface area is 122 Å². The number of hydrogen-bond donors (Lipinski definition) is 1. The average Bonchev–Trinajstić information content (AvgIpc) is 3.28. The van der Waals surface area contributed by atoms with Crippen LogP contribution in [0.1, 0.15) is 51.1 Å². The Morgan fingerprint density at radius 1 is 1.35 bits per heavy atom. The van der Waals surface area contributed by atoms with Crippen molar-refractivity contribution in [2.45, 2.75) is 45.6 Å². The van der Waals surface area contributed by atoms with Crippen molar-refractivity contribution < 1.29 is 9.47 Å². The van der Waals surface area contributed by atoms with Crippen LogP contribution in [-0.2, 0) is 0 Å². The molecule has 2 rings (SSSR count). The molecule has 1 fully saturated rings. The lowest BCUT2D eigenvalue weighted by Crippen LogP contribution is -2.20. The van der Waals surface area contributed by atoms with Crippen LogP contribution >= 0.6 is 0 Å². The number of methoxy groups -OCH3 is 1. The van der Waals surface area contributed by atoms with Gasteiger partial charge in [0.05, 0.1) is 13.7 Å². The lowest BCUT2D eigenvalue weighted by atomic mass is 10.1. The highest BCUT2D eigenvalue weighted by Gasteiger charge is 2.21. The molecule has 112 valence electrons. The smallest absolute Gasteiger partial charge is 0.127 e. The van der Waals surface area contributed by atoms with Crippen LogP contribution in [0.5, 0.6) is 11.5 Å². The summed E-state index contributed by atoms with van der Waals surface area (Å²) in [5.74, 6) is 2.72. The first-order chi connectivity index (χ1) is 9.74. The molecule has 1 atom stereocenters. The SMILES string of the molecule is CCCNC(C)c1ccc(OC)cc1OCCC1CC1. The third kappa shape index (κ3) is 4.41. The summed E-state index contributed by atoms with van der Waals surface area (Å²) in [5.41, 5.74) is 1.22. The summed E-state index contributed by atoms with van der Waals surface area (Å²) >= 11 is 0. The van der Waals surface area contributed by atoms with Gasteiger partial charge in [-0.15, -0.1) is 0 Å². The maximum absolute atomic E-state index is 6.01. The molecule has 0 spiro atoms. The fourth-order valence-electron chi connectivity index (χ4n) is 2.34. The van der Waals surface area contributed by atoms with E-state index in [0.29, 0.717) is 6.04 Å². The number of ether oxygens (including phenoxy) is 2. The Hall–Kier alpha value is -1.22. The monoisotopic (exact) mass is 277 g/mol. The third-order valence-corrected chi connectivity index (χ3v) is 3.87. The van der Waals surface area contributed by atoms with Gasteiger partial charge in [-0.25, -0.2) is 0 Å². The molecule has 0 aromatic heterocycles. The summed E-state index contributed by atoms with van der Waals surface area (Å²) in [6.45, 7) is 6.20. The lowest BCUT2D eigenvalue weighted by molar-refractivity contribution is 0.294. The van der Waals surface area contributed by atoms with E-state index in [1.807, 2.05) is 12.1 Å². The second kappa shape index (κ2) is 7.53. The maximum atomic E-state index is 6.01. The molecule has 1 aliphatic carbocycles. The van der Waals surface area contributed by atoms with Gasteiger partial charge >= 0.3 is 0 Å². The van der Waals surface area contributed by atoms with Gasteiger partial charge in [0.1, 0.15) is 11.5 Å². The van der Waals surface area contributed by atoms with Crippen molar-refractivity contribution in [3.63, 3.8) is 0 Å². The lowest BCUT2D eigenvalue weighted by Gasteiger charge is -2.19. The highest BCUT2D eigenvalue weighted by molar-refractivity contribution is 5.42. The van der Waals surface area contributed by atoms with Gasteiger partial charge in [-0.05, 0) is 38.3 Å². The molecule has 0 radical (unpaired) electrons. The van der Waals surface area contributed by atoms with Gasteiger partial charge in [0.15, 0.2) is 0 Å². The predicted molar refractivity (Wildman–Crippen MR) is 82.5 cm³/mol. The van der Waals surface area contributed by atoms with Gasteiger partial charge in [-0.1, -0.05) is 25.8 Å². The number of hydrogen-bond acceptors (Lipinski definition) is 3. The molecule has 0 bridgehead atoms. The molecule has 0 aliphatic heterocycles. The summed E-state index contributed by atoms with van der Waals surface area (Å²) in [5, 5.41) is 3.52. The van der Waals surface area contributed by atoms with Gasteiger partial charge in [0, 0.05) is 17.7 Å². The molecule has 1 saturated carbocycles. The first kappa shape index (κ1) is 15.2. The molecule has 1 unspecified atom stereocenters. The third-order valence-electron chi connectivity index (χ3n) is 3.87. The number of nitrogens with one attached hydrogen (secondary N) is 1. The first-order valence-corrected chi connectivity index (χ1v) is 7.78. The van der Waals surface area contributed by atoms with Gasteiger partial charge < -0.3 is 14.8 Å². The molecule has 0 saturated heterocycles. The molecule has 20 heavy (non-hydrogen) atoms. The van der Waals surface area contributed by atoms with Crippen molar-refractivity contribution >= 4 is 0 Å². The predicted octanol–water partition coefficient (Wildman–Crippen LogP) is 3.93. The van der Waals surface area contributed by atoms with E-state index in [1.54, 1.807) is 7.11 Å². The van der Waals surface area contributed by atoms with Gasteiger partial charge in [0.25, 0.3) is 0 Å². The first-order valence-electron chi connectivity index (χ1n) is 7.78. The maximum Gasteiger partial charge on any atom is 0.127 e. The van der Waals surface area contributed by atoms with E-state index in [-0.39, 0.29) is 0 Å². The standard InChI is InChI=1S/C17H27NO2/c1-4-10-18-13(2)16-8-7-15(19-3)12-17(16)20-11-9-14-5-6-14/h7-8,12-14,18H,4-6,9-11H2,1-3H3. The molecular formula is C17H27NO2. The highest BCUT2D eigenvalue weighted by Crippen LogP contribution is 2.34. The molecule has 0 amide bonds. The Morgan fingerprint density at radius 3 is 2.80 bits per heavy atom. The van der Waals surface area contributed by atoms with Gasteiger partial charge in [0.2, 0.25) is 0 Å². The zero-order valence-electron chi connectivity index (χ0n) is 12.9. The quantitative estimate of drug-likeness (QED) is 0.741. The molecule has 0 heterocycles. The summed E-state index contributed by atoms with van der Waals surface area (Å²) in [6.07, 6.45) is 5.07.